The first kappa shape index (κ1) is 19.7. The molecule has 4 N–H and O–H groups in total. The van der Waals surface area contributed by atoms with Crippen molar-refractivity contribution in [2.75, 3.05) is 6.61 Å². The van der Waals surface area contributed by atoms with Gasteiger partial charge in [0.15, 0.2) is 0 Å². The molecule has 0 aliphatic rings. The molecular formula is C21H23IN2O3. The second-order valence-electron chi connectivity index (χ2n) is 6.85. The number of aromatic nitrogens is 1. The molecular weight excluding hydrogens is 455 g/mol. The van der Waals surface area contributed by atoms with Crippen LogP contribution in [0.5, 0.6) is 5.75 Å². The molecule has 1 amide bonds. The molecule has 3 aromatic rings. The molecule has 0 saturated carbocycles. The van der Waals surface area contributed by atoms with Crippen LogP contribution in [0.2, 0.25) is 0 Å². The topological polar surface area (TPSA) is 88.3 Å². The first-order valence-corrected chi connectivity index (χ1v) is 9.94. The van der Waals surface area contributed by atoms with Crippen LogP contribution in [0.15, 0.2) is 42.6 Å². The monoisotopic (exact) mass is 478 g/mol. The Balaban J connectivity index is 2.07. The summed E-state index contributed by atoms with van der Waals surface area (Å²) in [5.74, 6) is -0.281. The number of nitrogens with two attached hydrogens (primary N) is 1. The Morgan fingerprint density at radius 1 is 1.30 bits per heavy atom. The zero-order valence-electron chi connectivity index (χ0n) is 15.3. The Morgan fingerprint density at radius 3 is 2.70 bits per heavy atom. The minimum absolute atomic E-state index is 0.0632. The lowest BCUT2D eigenvalue weighted by Gasteiger charge is -2.22. The van der Waals surface area contributed by atoms with Crippen LogP contribution in [-0.2, 0) is 6.42 Å². The molecule has 0 spiro atoms. The number of rotatable bonds is 7. The van der Waals surface area contributed by atoms with Crippen LogP contribution >= 0.6 is 22.6 Å². The Bertz CT molecular complexity index is 965. The predicted molar refractivity (Wildman–Crippen MR) is 115 cm³/mol. The summed E-state index contributed by atoms with van der Waals surface area (Å²) in [5, 5.41) is 11.3. The number of primary amides is 1. The number of aliphatic hydroxyl groups excluding tert-OH is 1. The Kier molecular flexibility index (Phi) is 6.06. The summed E-state index contributed by atoms with van der Waals surface area (Å²) in [6.45, 7) is 3.74. The Labute approximate surface area is 172 Å². The Morgan fingerprint density at radius 2 is 2.04 bits per heavy atom. The van der Waals surface area contributed by atoms with Gasteiger partial charge in [-0.3, -0.25) is 4.79 Å². The molecule has 0 saturated heterocycles. The number of para-hydroxylation sites is 1. The third-order valence-corrected chi connectivity index (χ3v) is 5.13. The molecule has 0 aliphatic heterocycles. The van der Waals surface area contributed by atoms with Crippen LogP contribution in [0.3, 0.4) is 0 Å². The van der Waals surface area contributed by atoms with E-state index in [0.717, 1.165) is 25.6 Å². The smallest absolute Gasteiger partial charge is 0.252 e. The van der Waals surface area contributed by atoms with Gasteiger partial charge >= 0.3 is 0 Å². The van der Waals surface area contributed by atoms with E-state index in [9.17, 15) is 9.90 Å². The number of H-pyrrole nitrogens is 1. The zero-order chi connectivity index (χ0) is 19.6. The van der Waals surface area contributed by atoms with E-state index in [2.05, 4.69) is 33.6 Å². The quantitative estimate of drug-likeness (QED) is 0.449. The number of hydrogen-bond acceptors (Lipinski definition) is 3. The zero-order valence-corrected chi connectivity index (χ0v) is 17.5. The molecule has 0 aliphatic carbocycles. The number of aliphatic hydroxyl groups is 1. The van der Waals surface area contributed by atoms with Crippen molar-refractivity contribution >= 4 is 39.4 Å². The third-order valence-electron chi connectivity index (χ3n) is 4.50. The number of hydrogen-bond donors (Lipinski definition) is 3. The summed E-state index contributed by atoms with van der Waals surface area (Å²) in [6, 6.07) is 11.8. The van der Waals surface area contributed by atoms with Crippen molar-refractivity contribution in [3.63, 3.8) is 0 Å². The summed E-state index contributed by atoms with van der Waals surface area (Å²) in [5.41, 5.74) is 8.91. The maximum atomic E-state index is 12.0. The highest BCUT2D eigenvalue weighted by Crippen LogP contribution is 2.36. The molecule has 0 unspecified atom stereocenters. The van der Waals surface area contributed by atoms with Crippen LogP contribution in [0.4, 0.5) is 0 Å². The van der Waals surface area contributed by atoms with Gasteiger partial charge in [-0.05, 0) is 66.6 Å². The number of carbonyl (C=O) groups excluding carboxylic acids is 1. The largest absolute Gasteiger partial charge is 0.490 e. The summed E-state index contributed by atoms with van der Waals surface area (Å²) < 4.78 is 6.84. The SMILES string of the molecule is CC(C)Oc1c(C(N)=O)cc(I)cc1[C@H](CO)Cc1c[nH]c2ccccc12. The molecule has 6 heteroatoms. The number of halogens is 1. The first-order chi connectivity index (χ1) is 12.9. The van der Waals surface area contributed by atoms with E-state index in [-0.39, 0.29) is 18.6 Å². The van der Waals surface area contributed by atoms with Gasteiger partial charge in [0.05, 0.1) is 18.3 Å². The number of aromatic amines is 1. The highest BCUT2D eigenvalue weighted by atomic mass is 127. The molecule has 0 bridgehead atoms. The summed E-state index contributed by atoms with van der Waals surface area (Å²) in [4.78, 5) is 15.3. The van der Waals surface area contributed by atoms with Crippen molar-refractivity contribution in [2.45, 2.75) is 32.3 Å². The van der Waals surface area contributed by atoms with E-state index in [0.29, 0.717) is 17.7 Å². The maximum Gasteiger partial charge on any atom is 0.252 e. The summed E-state index contributed by atoms with van der Waals surface area (Å²) in [6.07, 6.45) is 2.47. The van der Waals surface area contributed by atoms with Crippen LogP contribution in [0.1, 0.15) is 41.3 Å². The van der Waals surface area contributed by atoms with Gasteiger partial charge in [-0.1, -0.05) is 18.2 Å². The molecule has 1 atom stereocenters. The van der Waals surface area contributed by atoms with Crippen LogP contribution < -0.4 is 10.5 Å². The van der Waals surface area contributed by atoms with Crippen molar-refractivity contribution in [1.82, 2.24) is 4.98 Å². The van der Waals surface area contributed by atoms with Crippen LogP contribution in [0, 0.1) is 3.57 Å². The highest BCUT2D eigenvalue weighted by Gasteiger charge is 2.24. The normalized spacial score (nSPS) is 12.5. The second-order valence-corrected chi connectivity index (χ2v) is 8.09. The van der Waals surface area contributed by atoms with Crippen LogP contribution in [-0.4, -0.2) is 28.7 Å². The molecule has 2 aromatic carbocycles. The molecule has 142 valence electrons. The number of amides is 1. The standard InChI is InChI=1S/C21H23IN2O3/c1-12(2)27-20-17(8-15(22)9-18(20)21(23)26)14(11-25)7-13-10-24-19-6-4-3-5-16(13)19/h3-6,8-10,12,14,24-25H,7,11H2,1-2H3,(H2,23,26)/t14-/m0/s1. The number of benzene rings is 2. The third kappa shape index (κ3) is 4.27. The van der Waals surface area contributed by atoms with Gasteiger partial charge in [0.2, 0.25) is 0 Å². The average Bonchev–Trinajstić information content (AvgIpc) is 3.03. The van der Waals surface area contributed by atoms with Crippen LogP contribution in [0.25, 0.3) is 10.9 Å². The van der Waals surface area contributed by atoms with E-state index in [1.807, 2.05) is 44.3 Å². The fourth-order valence-corrected chi connectivity index (χ4v) is 3.95. The van der Waals surface area contributed by atoms with Gasteiger partial charge in [-0.25, -0.2) is 0 Å². The van der Waals surface area contributed by atoms with Gasteiger partial charge in [0, 0.05) is 32.2 Å². The van der Waals surface area contributed by atoms with Gasteiger partial charge < -0.3 is 20.6 Å². The van der Waals surface area contributed by atoms with Gasteiger partial charge in [0.1, 0.15) is 5.75 Å². The minimum Gasteiger partial charge on any atom is -0.490 e. The number of nitrogens with one attached hydrogen (secondary N) is 1. The summed E-state index contributed by atoms with van der Waals surface area (Å²) >= 11 is 2.16. The van der Waals surface area contributed by atoms with E-state index in [4.69, 9.17) is 10.5 Å². The van der Waals surface area contributed by atoms with E-state index < -0.39 is 5.91 Å². The highest BCUT2D eigenvalue weighted by molar-refractivity contribution is 14.1. The number of fused-ring (bicyclic) bond motifs is 1. The lowest BCUT2D eigenvalue weighted by molar-refractivity contribution is 0.0993. The number of carbonyl (C=O) groups is 1. The molecule has 5 nitrogen and oxygen atoms in total. The Hall–Kier alpha value is -2.06. The molecule has 27 heavy (non-hydrogen) atoms. The van der Waals surface area contributed by atoms with Crippen molar-refractivity contribution in [2.24, 2.45) is 5.73 Å². The van der Waals surface area contributed by atoms with Gasteiger partial charge in [-0.2, -0.15) is 0 Å². The lowest BCUT2D eigenvalue weighted by atomic mass is 9.90. The number of ether oxygens (including phenoxy) is 1. The van der Waals surface area contributed by atoms with Crippen molar-refractivity contribution in [3.8, 4) is 5.75 Å². The van der Waals surface area contributed by atoms with E-state index in [1.165, 1.54) is 0 Å². The summed E-state index contributed by atoms with van der Waals surface area (Å²) in [7, 11) is 0. The predicted octanol–water partition coefficient (Wildman–Crippen LogP) is 3.98. The molecule has 3 rings (SSSR count). The van der Waals surface area contributed by atoms with Gasteiger partial charge in [-0.15, -0.1) is 0 Å². The average molecular weight is 478 g/mol. The fourth-order valence-electron chi connectivity index (χ4n) is 3.31. The lowest BCUT2D eigenvalue weighted by Crippen LogP contribution is -2.19. The molecule has 1 heterocycles. The van der Waals surface area contributed by atoms with Crippen molar-refractivity contribution < 1.29 is 14.6 Å². The van der Waals surface area contributed by atoms with E-state index in [1.54, 1.807) is 6.07 Å². The van der Waals surface area contributed by atoms with Crippen molar-refractivity contribution in [3.05, 3.63) is 62.9 Å². The van der Waals surface area contributed by atoms with E-state index >= 15 is 0 Å². The maximum absolute atomic E-state index is 12.0. The fraction of sp³-hybridized carbons (Fsp3) is 0.286. The van der Waals surface area contributed by atoms with Crippen molar-refractivity contribution in [1.29, 1.82) is 0 Å². The van der Waals surface area contributed by atoms with Gasteiger partial charge in [0.25, 0.3) is 5.91 Å². The molecule has 0 radical (unpaired) electrons. The molecule has 0 fully saturated rings. The minimum atomic E-state index is -0.533. The first-order valence-electron chi connectivity index (χ1n) is 8.86. The second kappa shape index (κ2) is 8.31. The molecule has 1 aromatic heterocycles.